The highest BCUT2D eigenvalue weighted by molar-refractivity contribution is 7.89. The second-order valence-corrected chi connectivity index (χ2v) is 10.6. The molecule has 0 spiro atoms. The third-order valence-electron chi connectivity index (χ3n) is 5.92. The van der Waals surface area contributed by atoms with Crippen LogP contribution in [0.4, 0.5) is 5.69 Å². The number of anilines is 1. The van der Waals surface area contributed by atoms with Crippen molar-refractivity contribution in [2.24, 2.45) is 5.92 Å². The van der Waals surface area contributed by atoms with Crippen LogP contribution in [0.2, 0.25) is 5.02 Å². The summed E-state index contributed by atoms with van der Waals surface area (Å²) in [7, 11) is -0.915. The third-order valence-corrected chi connectivity index (χ3v) is 8.01. The Morgan fingerprint density at radius 3 is 2.42 bits per heavy atom. The number of halogens is 1. The van der Waals surface area contributed by atoms with E-state index in [0.29, 0.717) is 53.1 Å². The quantitative estimate of drug-likeness (QED) is 0.431. The first kappa shape index (κ1) is 25.8. The molecule has 1 saturated heterocycles. The fourth-order valence-corrected chi connectivity index (χ4v) is 5.75. The lowest BCUT2D eigenvalue weighted by Gasteiger charge is -2.31. The SMILES string of the molecule is COc1ccc(S(=O)(=O)N2CCC[C@H](C(=O)Nc3cc(Cl)ccc3Oc3ccccc3)C2)cc1OC. The van der Waals surface area contributed by atoms with E-state index in [1.54, 1.807) is 36.4 Å². The number of piperidine rings is 1. The summed E-state index contributed by atoms with van der Waals surface area (Å²) in [6, 6.07) is 18.6. The summed E-state index contributed by atoms with van der Waals surface area (Å²) >= 11 is 6.17. The van der Waals surface area contributed by atoms with Crippen molar-refractivity contribution >= 4 is 33.2 Å². The summed E-state index contributed by atoms with van der Waals surface area (Å²) in [5.74, 6) is 0.948. The van der Waals surface area contributed by atoms with Gasteiger partial charge in [0.05, 0.1) is 30.7 Å². The van der Waals surface area contributed by atoms with Crippen LogP contribution in [-0.2, 0) is 14.8 Å². The van der Waals surface area contributed by atoms with Gasteiger partial charge in [-0.1, -0.05) is 29.8 Å². The van der Waals surface area contributed by atoms with Crippen molar-refractivity contribution in [2.45, 2.75) is 17.7 Å². The van der Waals surface area contributed by atoms with Crippen molar-refractivity contribution in [3.63, 3.8) is 0 Å². The van der Waals surface area contributed by atoms with E-state index in [1.807, 2.05) is 18.2 Å². The molecule has 36 heavy (non-hydrogen) atoms. The van der Waals surface area contributed by atoms with Gasteiger partial charge in [-0.05, 0) is 55.3 Å². The number of carbonyl (C=O) groups is 1. The Hall–Kier alpha value is -3.27. The zero-order chi connectivity index (χ0) is 25.7. The number of para-hydroxylation sites is 1. The second kappa shape index (κ2) is 11.2. The van der Waals surface area contributed by atoms with Gasteiger partial charge < -0.3 is 19.5 Å². The van der Waals surface area contributed by atoms with Crippen LogP contribution in [-0.4, -0.2) is 45.9 Å². The fourth-order valence-electron chi connectivity index (χ4n) is 4.04. The molecule has 8 nitrogen and oxygen atoms in total. The first-order chi connectivity index (χ1) is 17.3. The number of ether oxygens (including phenoxy) is 3. The normalized spacial score (nSPS) is 16.2. The van der Waals surface area contributed by atoms with Crippen LogP contribution in [0.3, 0.4) is 0 Å². The highest BCUT2D eigenvalue weighted by Crippen LogP contribution is 2.34. The van der Waals surface area contributed by atoms with Gasteiger partial charge in [-0.25, -0.2) is 8.42 Å². The van der Waals surface area contributed by atoms with E-state index < -0.39 is 15.9 Å². The van der Waals surface area contributed by atoms with Crippen molar-refractivity contribution in [2.75, 3.05) is 32.6 Å². The third kappa shape index (κ3) is 5.75. The molecular formula is C26H27ClN2O6S. The molecule has 0 bridgehead atoms. The average Bonchev–Trinajstić information content (AvgIpc) is 2.90. The van der Waals surface area contributed by atoms with Crippen LogP contribution in [0.5, 0.6) is 23.0 Å². The van der Waals surface area contributed by atoms with Crippen molar-refractivity contribution < 1.29 is 27.4 Å². The number of hydrogen-bond acceptors (Lipinski definition) is 6. The van der Waals surface area contributed by atoms with Crippen molar-refractivity contribution in [3.05, 3.63) is 71.8 Å². The smallest absolute Gasteiger partial charge is 0.243 e. The highest BCUT2D eigenvalue weighted by atomic mass is 35.5. The van der Waals surface area contributed by atoms with Gasteiger partial charge in [-0.3, -0.25) is 4.79 Å². The molecule has 4 rings (SSSR count). The van der Waals surface area contributed by atoms with E-state index in [-0.39, 0.29) is 17.3 Å². The van der Waals surface area contributed by atoms with Gasteiger partial charge in [-0.15, -0.1) is 0 Å². The molecule has 3 aromatic rings. The number of methoxy groups -OCH3 is 2. The Labute approximate surface area is 215 Å². The lowest BCUT2D eigenvalue weighted by atomic mass is 9.98. The molecule has 1 atom stereocenters. The average molecular weight is 531 g/mol. The van der Waals surface area contributed by atoms with Gasteiger partial charge in [0.2, 0.25) is 15.9 Å². The highest BCUT2D eigenvalue weighted by Gasteiger charge is 2.34. The topological polar surface area (TPSA) is 94.2 Å². The maximum atomic E-state index is 13.3. The number of sulfonamides is 1. The maximum Gasteiger partial charge on any atom is 0.243 e. The molecule has 1 aliphatic rings. The number of rotatable bonds is 8. The number of nitrogens with zero attached hydrogens (tertiary/aromatic N) is 1. The summed E-state index contributed by atoms with van der Waals surface area (Å²) in [6.07, 6.45) is 1.10. The molecule has 1 amide bonds. The fraction of sp³-hybridized carbons (Fsp3) is 0.269. The molecular weight excluding hydrogens is 504 g/mol. The number of benzene rings is 3. The standard InChI is InChI=1S/C26H27ClN2O6S/c1-33-24-13-11-21(16-25(24)34-2)36(31,32)29-14-6-7-18(17-29)26(30)28-22-15-19(27)10-12-23(22)35-20-8-4-3-5-9-20/h3-5,8-13,15-16,18H,6-7,14,17H2,1-2H3,(H,28,30)/t18-/m0/s1. The first-order valence-electron chi connectivity index (χ1n) is 11.4. The predicted octanol–water partition coefficient (Wildman–Crippen LogP) is 5.19. The number of amides is 1. The van der Waals surface area contributed by atoms with Gasteiger partial charge in [0.25, 0.3) is 0 Å². The molecule has 0 radical (unpaired) electrons. The molecule has 0 unspecified atom stereocenters. The van der Waals surface area contributed by atoms with Crippen LogP contribution in [0.25, 0.3) is 0 Å². The second-order valence-electron chi connectivity index (χ2n) is 8.26. The zero-order valence-corrected chi connectivity index (χ0v) is 21.5. The molecule has 10 heteroatoms. The van der Waals surface area contributed by atoms with E-state index >= 15 is 0 Å². The molecule has 1 aliphatic heterocycles. The summed E-state index contributed by atoms with van der Waals surface area (Å²) in [5.41, 5.74) is 0.413. The molecule has 1 heterocycles. The van der Waals surface area contributed by atoms with Gasteiger partial charge in [0.1, 0.15) is 5.75 Å². The van der Waals surface area contributed by atoms with Gasteiger partial charge in [0, 0.05) is 24.2 Å². The minimum atomic E-state index is -3.84. The van der Waals surface area contributed by atoms with Gasteiger partial charge in [-0.2, -0.15) is 4.31 Å². The number of hydrogen-bond donors (Lipinski definition) is 1. The van der Waals surface area contributed by atoms with E-state index in [4.69, 9.17) is 25.8 Å². The minimum absolute atomic E-state index is 0.0535. The van der Waals surface area contributed by atoms with Crippen molar-refractivity contribution in [1.29, 1.82) is 0 Å². The summed E-state index contributed by atoms with van der Waals surface area (Å²) in [6.45, 7) is 0.373. The molecule has 0 saturated carbocycles. The monoisotopic (exact) mass is 530 g/mol. The zero-order valence-electron chi connectivity index (χ0n) is 19.9. The van der Waals surface area contributed by atoms with E-state index in [0.717, 1.165) is 0 Å². The molecule has 1 N–H and O–H groups in total. The van der Waals surface area contributed by atoms with E-state index in [2.05, 4.69) is 5.32 Å². The Bertz CT molecular complexity index is 1330. The van der Waals surface area contributed by atoms with Crippen molar-refractivity contribution in [1.82, 2.24) is 4.31 Å². The van der Waals surface area contributed by atoms with Crippen molar-refractivity contribution in [3.8, 4) is 23.0 Å². The largest absolute Gasteiger partial charge is 0.493 e. The van der Waals surface area contributed by atoms with E-state index in [9.17, 15) is 13.2 Å². The number of nitrogens with one attached hydrogen (secondary N) is 1. The number of carbonyl (C=O) groups excluding carboxylic acids is 1. The maximum absolute atomic E-state index is 13.3. The Morgan fingerprint density at radius 1 is 0.972 bits per heavy atom. The van der Waals surface area contributed by atoms with Crippen LogP contribution in [0.1, 0.15) is 12.8 Å². The molecule has 1 fully saturated rings. The molecule has 0 aromatic heterocycles. The lowest BCUT2D eigenvalue weighted by Crippen LogP contribution is -2.43. The summed E-state index contributed by atoms with van der Waals surface area (Å²) in [5, 5.41) is 3.32. The van der Waals surface area contributed by atoms with Gasteiger partial charge >= 0.3 is 0 Å². The molecule has 0 aliphatic carbocycles. The Balaban J connectivity index is 1.51. The lowest BCUT2D eigenvalue weighted by molar-refractivity contribution is -0.120. The van der Waals surface area contributed by atoms with Crippen LogP contribution in [0.15, 0.2) is 71.6 Å². The predicted molar refractivity (Wildman–Crippen MR) is 138 cm³/mol. The summed E-state index contributed by atoms with van der Waals surface area (Å²) < 4.78 is 44.4. The van der Waals surface area contributed by atoms with E-state index in [1.165, 1.54) is 30.7 Å². The van der Waals surface area contributed by atoms with Crippen LogP contribution in [0, 0.1) is 5.92 Å². The minimum Gasteiger partial charge on any atom is -0.493 e. The Morgan fingerprint density at radius 2 is 1.69 bits per heavy atom. The van der Waals surface area contributed by atoms with Crippen LogP contribution >= 0.6 is 11.6 Å². The van der Waals surface area contributed by atoms with Gasteiger partial charge in [0.15, 0.2) is 17.2 Å². The molecule has 190 valence electrons. The summed E-state index contributed by atoms with van der Waals surface area (Å²) in [4.78, 5) is 13.3. The van der Waals surface area contributed by atoms with Crippen LogP contribution < -0.4 is 19.5 Å². The first-order valence-corrected chi connectivity index (χ1v) is 13.2. The molecule has 3 aromatic carbocycles. The Kier molecular flexibility index (Phi) is 8.03.